The maximum atomic E-state index is 5.57. The van der Waals surface area contributed by atoms with Crippen LogP contribution in [-0.2, 0) is 0 Å². The van der Waals surface area contributed by atoms with Crippen molar-refractivity contribution >= 4 is 33.3 Å². The Hall–Kier alpha value is -1.62. The molecular weight excluding hydrogens is 256 g/mol. The van der Waals surface area contributed by atoms with E-state index in [4.69, 9.17) is 5.73 Å². The van der Waals surface area contributed by atoms with Gasteiger partial charge in [0.1, 0.15) is 0 Å². The third-order valence-corrected chi connectivity index (χ3v) is 2.20. The van der Waals surface area contributed by atoms with Gasteiger partial charge in [-0.3, -0.25) is 0 Å². The summed E-state index contributed by atoms with van der Waals surface area (Å²) in [5.74, 6) is 0.558. The summed E-state index contributed by atoms with van der Waals surface area (Å²) in [5, 5.41) is 3.06. The summed E-state index contributed by atoms with van der Waals surface area (Å²) in [6, 6.07) is 7.39. The van der Waals surface area contributed by atoms with Gasteiger partial charge in [-0.05, 0) is 40.2 Å². The molecule has 0 amide bonds. The molecule has 3 N–H and O–H groups in total. The lowest BCUT2D eigenvalue weighted by Gasteiger charge is -2.04. The zero-order valence-corrected chi connectivity index (χ0v) is 9.40. The van der Waals surface area contributed by atoms with Crippen LogP contribution in [0, 0.1) is 0 Å². The first-order valence-electron chi connectivity index (χ1n) is 4.34. The molecule has 0 unspecified atom stereocenters. The highest BCUT2D eigenvalue weighted by atomic mass is 79.9. The van der Waals surface area contributed by atoms with Gasteiger partial charge in [-0.2, -0.15) is 0 Å². The summed E-state index contributed by atoms with van der Waals surface area (Å²) in [6.07, 6.45) is 3.37. The van der Waals surface area contributed by atoms with E-state index < -0.39 is 0 Å². The molecule has 0 atom stereocenters. The fourth-order valence-electron chi connectivity index (χ4n) is 1.07. The first-order valence-corrected chi connectivity index (χ1v) is 5.13. The van der Waals surface area contributed by atoms with E-state index in [0.29, 0.717) is 5.95 Å². The van der Waals surface area contributed by atoms with Crippen LogP contribution in [-0.4, -0.2) is 9.97 Å². The normalized spacial score (nSPS) is 9.93. The number of nitrogen functional groups attached to an aromatic ring is 1. The monoisotopic (exact) mass is 264 g/mol. The average Bonchev–Trinajstić information content (AvgIpc) is 2.25. The molecule has 76 valence electrons. The largest absolute Gasteiger partial charge is 0.399 e. The second-order valence-electron chi connectivity index (χ2n) is 2.97. The fourth-order valence-corrected chi connectivity index (χ4v) is 1.28. The van der Waals surface area contributed by atoms with Crippen LogP contribution in [0.4, 0.5) is 17.3 Å². The molecule has 1 aromatic carbocycles. The molecule has 2 aromatic rings. The third kappa shape index (κ3) is 2.66. The number of nitrogens with one attached hydrogen (secondary N) is 1. The Morgan fingerprint density at radius 3 is 2.27 bits per heavy atom. The molecule has 4 nitrogen and oxygen atoms in total. The van der Waals surface area contributed by atoms with E-state index in [1.165, 1.54) is 0 Å². The van der Waals surface area contributed by atoms with E-state index in [-0.39, 0.29) is 0 Å². The molecule has 0 aliphatic heterocycles. The van der Waals surface area contributed by atoms with Gasteiger partial charge in [0.05, 0.1) is 4.47 Å². The van der Waals surface area contributed by atoms with Gasteiger partial charge in [-0.15, -0.1) is 0 Å². The molecule has 0 bridgehead atoms. The molecule has 0 spiro atoms. The van der Waals surface area contributed by atoms with E-state index in [0.717, 1.165) is 15.8 Å². The zero-order chi connectivity index (χ0) is 10.7. The van der Waals surface area contributed by atoms with E-state index >= 15 is 0 Å². The third-order valence-electron chi connectivity index (χ3n) is 1.79. The number of benzene rings is 1. The predicted molar refractivity (Wildman–Crippen MR) is 63.9 cm³/mol. The van der Waals surface area contributed by atoms with Gasteiger partial charge in [0.15, 0.2) is 0 Å². The Labute approximate surface area is 95.7 Å². The number of halogens is 1. The standard InChI is InChI=1S/C10H9BrN4/c11-7-5-13-10(14-6-7)15-9-3-1-8(12)2-4-9/h1-6H,12H2,(H,13,14,15). The molecule has 2 rings (SSSR count). The smallest absolute Gasteiger partial charge is 0.227 e. The van der Waals surface area contributed by atoms with Crippen LogP contribution < -0.4 is 11.1 Å². The molecule has 0 fully saturated rings. The number of anilines is 3. The maximum Gasteiger partial charge on any atom is 0.227 e. The van der Waals surface area contributed by atoms with Gasteiger partial charge in [-0.1, -0.05) is 0 Å². The first-order chi connectivity index (χ1) is 7.24. The number of hydrogen-bond donors (Lipinski definition) is 2. The Bertz CT molecular complexity index is 394. The summed E-state index contributed by atoms with van der Waals surface area (Å²) in [4.78, 5) is 8.19. The molecule has 0 saturated heterocycles. The van der Waals surface area contributed by atoms with Gasteiger partial charge in [0.25, 0.3) is 0 Å². The van der Waals surface area contributed by atoms with E-state index in [1.54, 1.807) is 12.4 Å². The number of aromatic nitrogens is 2. The highest BCUT2D eigenvalue weighted by Gasteiger charge is 1.96. The quantitative estimate of drug-likeness (QED) is 0.819. The van der Waals surface area contributed by atoms with Crippen LogP contribution in [0.2, 0.25) is 0 Å². The molecular formula is C10H9BrN4. The van der Waals surface area contributed by atoms with Gasteiger partial charge in [0.2, 0.25) is 5.95 Å². The van der Waals surface area contributed by atoms with E-state index in [1.807, 2.05) is 24.3 Å². The molecule has 1 heterocycles. The van der Waals surface area contributed by atoms with Crippen LogP contribution in [0.25, 0.3) is 0 Å². The predicted octanol–water partition coefficient (Wildman–Crippen LogP) is 2.56. The lowest BCUT2D eigenvalue weighted by atomic mass is 10.3. The number of nitrogens with two attached hydrogens (primary N) is 1. The van der Waals surface area contributed by atoms with Crippen molar-refractivity contribution in [2.75, 3.05) is 11.1 Å². The summed E-state index contributed by atoms with van der Waals surface area (Å²) in [5.41, 5.74) is 7.22. The first kappa shape index (κ1) is 9.92. The minimum atomic E-state index is 0.558. The molecule has 0 radical (unpaired) electrons. The highest BCUT2D eigenvalue weighted by Crippen LogP contribution is 2.15. The van der Waals surface area contributed by atoms with Crippen molar-refractivity contribution < 1.29 is 0 Å². The van der Waals surface area contributed by atoms with Crippen molar-refractivity contribution in [1.82, 2.24) is 9.97 Å². The summed E-state index contributed by atoms with van der Waals surface area (Å²) >= 11 is 3.27. The van der Waals surface area contributed by atoms with E-state index in [2.05, 4.69) is 31.2 Å². The summed E-state index contributed by atoms with van der Waals surface area (Å²) in [7, 11) is 0. The van der Waals surface area contributed by atoms with Crippen molar-refractivity contribution in [3.05, 3.63) is 41.1 Å². The Morgan fingerprint density at radius 1 is 1.07 bits per heavy atom. The van der Waals surface area contributed by atoms with E-state index in [9.17, 15) is 0 Å². The number of nitrogens with zero attached hydrogens (tertiary/aromatic N) is 2. The van der Waals surface area contributed by atoms with Crippen LogP contribution >= 0.6 is 15.9 Å². The summed E-state index contributed by atoms with van der Waals surface area (Å²) in [6.45, 7) is 0. The summed E-state index contributed by atoms with van der Waals surface area (Å²) < 4.78 is 0.852. The second-order valence-corrected chi connectivity index (χ2v) is 3.89. The van der Waals surface area contributed by atoms with Crippen molar-refractivity contribution in [3.8, 4) is 0 Å². The average molecular weight is 265 g/mol. The molecule has 15 heavy (non-hydrogen) atoms. The minimum absolute atomic E-state index is 0.558. The zero-order valence-electron chi connectivity index (χ0n) is 7.81. The minimum Gasteiger partial charge on any atom is -0.399 e. The van der Waals surface area contributed by atoms with Crippen molar-refractivity contribution in [3.63, 3.8) is 0 Å². The highest BCUT2D eigenvalue weighted by molar-refractivity contribution is 9.10. The lowest BCUT2D eigenvalue weighted by molar-refractivity contribution is 1.15. The lowest BCUT2D eigenvalue weighted by Crippen LogP contribution is -1.96. The van der Waals surface area contributed by atoms with Crippen LogP contribution in [0.3, 0.4) is 0 Å². The van der Waals surface area contributed by atoms with Crippen molar-refractivity contribution in [2.24, 2.45) is 0 Å². The number of hydrogen-bond acceptors (Lipinski definition) is 4. The fraction of sp³-hybridized carbons (Fsp3) is 0. The molecule has 1 aromatic heterocycles. The van der Waals surface area contributed by atoms with Gasteiger partial charge < -0.3 is 11.1 Å². The Kier molecular flexibility index (Phi) is 2.82. The van der Waals surface area contributed by atoms with Gasteiger partial charge >= 0.3 is 0 Å². The van der Waals surface area contributed by atoms with Crippen LogP contribution in [0.15, 0.2) is 41.1 Å². The molecule has 5 heteroatoms. The van der Waals surface area contributed by atoms with Crippen LogP contribution in [0.5, 0.6) is 0 Å². The van der Waals surface area contributed by atoms with Gasteiger partial charge in [0, 0.05) is 23.8 Å². The second kappa shape index (κ2) is 4.27. The molecule has 0 aliphatic rings. The maximum absolute atomic E-state index is 5.57. The Balaban J connectivity index is 2.15. The van der Waals surface area contributed by atoms with Crippen molar-refractivity contribution in [2.45, 2.75) is 0 Å². The van der Waals surface area contributed by atoms with Crippen LogP contribution in [0.1, 0.15) is 0 Å². The number of rotatable bonds is 2. The molecule has 0 aliphatic carbocycles. The Morgan fingerprint density at radius 2 is 1.67 bits per heavy atom. The molecule has 0 saturated carbocycles. The van der Waals surface area contributed by atoms with Gasteiger partial charge in [-0.25, -0.2) is 9.97 Å². The SMILES string of the molecule is Nc1ccc(Nc2ncc(Br)cn2)cc1. The topological polar surface area (TPSA) is 63.8 Å². The van der Waals surface area contributed by atoms with Crippen molar-refractivity contribution in [1.29, 1.82) is 0 Å².